The Hall–Kier alpha value is -0.210. The maximum Gasteiger partial charge on any atom is 0.120 e. The zero-order chi connectivity index (χ0) is 13.2. The molecule has 1 saturated carbocycles. The average molecular weight is 332 g/mol. The summed E-state index contributed by atoms with van der Waals surface area (Å²) in [6.45, 7) is 2.37. The minimum Gasteiger partial charge on any atom is -0.497 e. The smallest absolute Gasteiger partial charge is 0.120 e. The third kappa shape index (κ3) is 2.85. The molecule has 1 unspecified atom stereocenters. The second-order valence-electron chi connectivity index (χ2n) is 5.46. The predicted octanol–water partition coefficient (Wildman–Crippen LogP) is 5.76. The quantitative estimate of drug-likeness (QED) is 0.640. The van der Waals surface area contributed by atoms with Crippen molar-refractivity contribution in [3.63, 3.8) is 0 Å². The van der Waals surface area contributed by atoms with Gasteiger partial charge in [-0.1, -0.05) is 59.8 Å². The molecule has 3 heteroatoms. The molecular weight excluding hydrogens is 312 g/mol. The van der Waals surface area contributed by atoms with E-state index in [2.05, 4.69) is 28.9 Å². The molecule has 18 heavy (non-hydrogen) atoms. The summed E-state index contributed by atoms with van der Waals surface area (Å²) in [4.78, 5) is 0.323. The third-order valence-corrected chi connectivity index (χ3v) is 6.01. The van der Waals surface area contributed by atoms with Crippen molar-refractivity contribution in [2.24, 2.45) is 5.41 Å². The largest absolute Gasteiger partial charge is 0.497 e. The van der Waals surface area contributed by atoms with E-state index in [0.717, 1.165) is 10.8 Å². The van der Waals surface area contributed by atoms with Crippen molar-refractivity contribution >= 4 is 27.5 Å². The van der Waals surface area contributed by atoms with Crippen LogP contribution in [0.2, 0.25) is 5.02 Å². The fraction of sp³-hybridized carbons (Fsp3) is 0.600. The van der Waals surface area contributed by atoms with Crippen molar-refractivity contribution in [1.82, 2.24) is 0 Å². The van der Waals surface area contributed by atoms with Gasteiger partial charge < -0.3 is 4.74 Å². The summed E-state index contributed by atoms with van der Waals surface area (Å²) >= 11 is 10.2. The number of methoxy groups -OCH3 is 1. The molecule has 0 spiro atoms. The topological polar surface area (TPSA) is 9.23 Å². The van der Waals surface area contributed by atoms with Crippen LogP contribution in [-0.4, -0.2) is 7.11 Å². The Labute approximate surface area is 123 Å². The van der Waals surface area contributed by atoms with Crippen molar-refractivity contribution in [3.05, 3.63) is 28.8 Å². The molecule has 2 rings (SSSR count). The molecule has 1 aliphatic carbocycles. The summed E-state index contributed by atoms with van der Waals surface area (Å²) in [5, 5.41) is 0.794. The molecule has 100 valence electrons. The molecule has 1 fully saturated rings. The van der Waals surface area contributed by atoms with Gasteiger partial charge in [-0.2, -0.15) is 0 Å². The maximum absolute atomic E-state index is 6.37. The molecule has 1 aromatic carbocycles. The Morgan fingerprint density at radius 1 is 1.28 bits per heavy atom. The Morgan fingerprint density at radius 3 is 2.50 bits per heavy atom. The summed E-state index contributed by atoms with van der Waals surface area (Å²) in [5.41, 5.74) is 1.50. The summed E-state index contributed by atoms with van der Waals surface area (Å²) in [6.07, 6.45) is 6.56. The number of benzene rings is 1. The molecule has 0 N–H and O–H groups in total. The van der Waals surface area contributed by atoms with Crippen LogP contribution in [0.3, 0.4) is 0 Å². The van der Waals surface area contributed by atoms with Crippen LogP contribution in [0.25, 0.3) is 0 Å². The highest BCUT2D eigenvalue weighted by atomic mass is 79.9. The summed E-state index contributed by atoms with van der Waals surface area (Å²) in [6, 6.07) is 5.97. The monoisotopic (exact) mass is 330 g/mol. The first kappa shape index (κ1) is 14.2. The molecular formula is C15H20BrClO. The lowest BCUT2D eigenvalue weighted by molar-refractivity contribution is 0.213. The summed E-state index contributed by atoms with van der Waals surface area (Å²) in [5.74, 6) is 0.817. The lowest BCUT2D eigenvalue weighted by Crippen LogP contribution is -2.25. The van der Waals surface area contributed by atoms with Crippen LogP contribution in [-0.2, 0) is 0 Å². The van der Waals surface area contributed by atoms with Crippen LogP contribution >= 0.6 is 27.5 Å². The maximum atomic E-state index is 6.37. The molecule has 1 nitrogen and oxygen atoms in total. The molecule has 0 amide bonds. The van der Waals surface area contributed by atoms with Crippen molar-refractivity contribution in [3.8, 4) is 5.75 Å². The molecule has 1 atom stereocenters. The Bertz CT molecular complexity index is 413. The van der Waals surface area contributed by atoms with Gasteiger partial charge in [0.1, 0.15) is 5.75 Å². The molecule has 0 aliphatic heterocycles. The van der Waals surface area contributed by atoms with E-state index in [1.165, 1.54) is 37.7 Å². The van der Waals surface area contributed by atoms with Crippen molar-refractivity contribution < 1.29 is 4.74 Å². The zero-order valence-corrected chi connectivity index (χ0v) is 13.4. The molecule has 0 radical (unpaired) electrons. The van der Waals surface area contributed by atoms with E-state index in [-0.39, 0.29) is 0 Å². The summed E-state index contributed by atoms with van der Waals surface area (Å²) < 4.78 is 5.20. The Morgan fingerprint density at radius 2 is 1.94 bits per heavy atom. The van der Waals surface area contributed by atoms with Gasteiger partial charge in [-0.15, -0.1) is 0 Å². The standard InChI is InChI=1S/C15H20BrClO/c1-15(8-4-3-5-9-15)14(16)12-7-6-11(18-2)10-13(12)17/h6-7,10,14H,3-5,8-9H2,1-2H3. The van der Waals surface area contributed by atoms with Gasteiger partial charge in [0.15, 0.2) is 0 Å². The summed E-state index contributed by atoms with van der Waals surface area (Å²) in [7, 11) is 1.67. The fourth-order valence-corrected chi connectivity index (χ4v) is 4.10. The third-order valence-electron chi connectivity index (χ3n) is 4.09. The highest BCUT2D eigenvalue weighted by Crippen LogP contribution is 2.51. The van der Waals surface area contributed by atoms with Gasteiger partial charge >= 0.3 is 0 Å². The van der Waals surface area contributed by atoms with Crippen LogP contribution in [0.4, 0.5) is 0 Å². The van der Waals surface area contributed by atoms with Crippen LogP contribution in [0, 0.1) is 5.41 Å². The van der Waals surface area contributed by atoms with Gasteiger partial charge in [0.2, 0.25) is 0 Å². The van der Waals surface area contributed by atoms with Gasteiger partial charge in [-0.25, -0.2) is 0 Å². The normalized spacial score (nSPS) is 20.4. The van der Waals surface area contributed by atoms with Crippen molar-refractivity contribution in [2.75, 3.05) is 7.11 Å². The number of rotatable bonds is 3. The van der Waals surface area contributed by atoms with Crippen LogP contribution in [0.15, 0.2) is 18.2 Å². The van der Waals surface area contributed by atoms with Crippen molar-refractivity contribution in [1.29, 1.82) is 0 Å². The Balaban J connectivity index is 2.24. The van der Waals surface area contributed by atoms with Gasteiger partial charge in [0, 0.05) is 9.85 Å². The highest BCUT2D eigenvalue weighted by Gasteiger charge is 2.35. The number of ether oxygens (including phenoxy) is 1. The lowest BCUT2D eigenvalue weighted by Gasteiger charge is -2.38. The molecule has 0 aromatic heterocycles. The minimum atomic E-state index is 0.316. The molecule has 0 heterocycles. The van der Waals surface area contributed by atoms with Crippen LogP contribution in [0.1, 0.15) is 49.4 Å². The number of hydrogen-bond acceptors (Lipinski definition) is 1. The van der Waals surface area contributed by atoms with E-state index in [1.807, 2.05) is 12.1 Å². The highest BCUT2D eigenvalue weighted by molar-refractivity contribution is 9.09. The van der Waals surface area contributed by atoms with E-state index in [0.29, 0.717) is 10.2 Å². The number of halogens is 2. The molecule has 0 saturated heterocycles. The average Bonchev–Trinajstić information content (AvgIpc) is 2.38. The second-order valence-corrected chi connectivity index (χ2v) is 6.79. The molecule has 1 aliphatic rings. The zero-order valence-electron chi connectivity index (χ0n) is 11.0. The molecule has 0 bridgehead atoms. The van der Waals surface area contributed by atoms with E-state index in [1.54, 1.807) is 7.11 Å². The first-order chi connectivity index (χ1) is 8.57. The van der Waals surface area contributed by atoms with E-state index >= 15 is 0 Å². The predicted molar refractivity (Wildman–Crippen MR) is 80.9 cm³/mol. The number of alkyl halides is 1. The van der Waals surface area contributed by atoms with E-state index in [9.17, 15) is 0 Å². The molecule has 1 aromatic rings. The SMILES string of the molecule is COc1ccc(C(Br)C2(C)CCCCC2)c(Cl)c1. The van der Waals surface area contributed by atoms with Gasteiger partial charge in [0.25, 0.3) is 0 Å². The fourth-order valence-electron chi connectivity index (χ4n) is 2.83. The first-order valence-corrected chi connectivity index (χ1v) is 7.84. The van der Waals surface area contributed by atoms with Crippen LogP contribution < -0.4 is 4.74 Å². The van der Waals surface area contributed by atoms with Crippen LogP contribution in [0.5, 0.6) is 5.75 Å². The lowest BCUT2D eigenvalue weighted by atomic mass is 9.72. The van der Waals surface area contributed by atoms with Gasteiger partial charge in [0.05, 0.1) is 7.11 Å². The van der Waals surface area contributed by atoms with Gasteiger partial charge in [-0.05, 0) is 36.0 Å². The van der Waals surface area contributed by atoms with E-state index in [4.69, 9.17) is 16.3 Å². The van der Waals surface area contributed by atoms with Gasteiger partial charge in [-0.3, -0.25) is 0 Å². The number of hydrogen-bond donors (Lipinski definition) is 0. The minimum absolute atomic E-state index is 0.316. The first-order valence-electron chi connectivity index (χ1n) is 6.54. The second kappa shape index (κ2) is 5.83. The van der Waals surface area contributed by atoms with Crippen molar-refractivity contribution in [2.45, 2.75) is 43.9 Å². The van der Waals surface area contributed by atoms with E-state index < -0.39 is 0 Å². The Kier molecular flexibility index (Phi) is 4.60.